The fraction of sp³-hybridized carbons (Fsp3) is 0.667. The summed E-state index contributed by atoms with van der Waals surface area (Å²) in [4.78, 5) is 11.7. The minimum Gasteiger partial charge on any atom is -0.458 e. The van der Waals surface area contributed by atoms with Crippen LogP contribution in [0.2, 0.25) is 0 Å². The van der Waals surface area contributed by atoms with Crippen LogP contribution < -0.4 is 0 Å². The number of hydrogen-bond acceptors (Lipinski definition) is 3. The van der Waals surface area contributed by atoms with Crippen molar-refractivity contribution in [3.8, 4) is 0 Å². The molecule has 5 atom stereocenters. The zero-order chi connectivity index (χ0) is 12.9. The molecule has 1 N–H and O–H groups in total. The fourth-order valence-corrected chi connectivity index (χ4v) is 4.14. The van der Waals surface area contributed by atoms with Gasteiger partial charge in [0.15, 0.2) is 0 Å². The van der Waals surface area contributed by atoms with Gasteiger partial charge in [-0.2, -0.15) is 0 Å². The van der Waals surface area contributed by atoms with Crippen LogP contribution in [-0.2, 0) is 9.53 Å². The molecule has 18 heavy (non-hydrogen) atoms. The molecule has 0 aromatic carbocycles. The standard InChI is InChI=1S/C15H20O3/c1-8-3-5-12-9(2)15(17)18-14(12)13-10(7-16)4-6-11(8)13/h10-14,16H,1-7H2. The second-order valence-corrected chi connectivity index (χ2v) is 5.90. The molecule has 1 heterocycles. The molecule has 5 unspecified atom stereocenters. The third-order valence-corrected chi connectivity index (χ3v) is 5.12. The Balaban J connectivity index is 1.96. The molecule has 98 valence electrons. The number of fused-ring (bicyclic) bond motifs is 3. The monoisotopic (exact) mass is 248 g/mol. The third kappa shape index (κ3) is 1.57. The quantitative estimate of drug-likeness (QED) is 0.439. The van der Waals surface area contributed by atoms with E-state index in [1.165, 1.54) is 5.57 Å². The largest absolute Gasteiger partial charge is 0.458 e. The summed E-state index contributed by atoms with van der Waals surface area (Å²) < 4.78 is 5.56. The summed E-state index contributed by atoms with van der Waals surface area (Å²) in [6.07, 6.45) is 3.88. The first-order valence-corrected chi connectivity index (χ1v) is 6.81. The Hall–Kier alpha value is -1.09. The van der Waals surface area contributed by atoms with Gasteiger partial charge in [0.25, 0.3) is 0 Å². The van der Waals surface area contributed by atoms with E-state index in [2.05, 4.69) is 13.2 Å². The average molecular weight is 248 g/mol. The van der Waals surface area contributed by atoms with E-state index in [1.807, 2.05) is 0 Å². The Morgan fingerprint density at radius 2 is 2.00 bits per heavy atom. The lowest BCUT2D eigenvalue weighted by Gasteiger charge is -2.29. The summed E-state index contributed by atoms with van der Waals surface area (Å²) >= 11 is 0. The van der Waals surface area contributed by atoms with Crippen molar-refractivity contribution in [2.24, 2.45) is 23.7 Å². The van der Waals surface area contributed by atoms with Gasteiger partial charge in [-0.1, -0.05) is 18.7 Å². The molecule has 3 fully saturated rings. The maximum atomic E-state index is 11.7. The van der Waals surface area contributed by atoms with Gasteiger partial charge in [-0.15, -0.1) is 0 Å². The van der Waals surface area contributed by atoms with Crippen molar-refractivity contribution in [3.05, 3.63) is 24.3 Å². The molecular formula is C15H20O3. The van der Waals surface area contributed by atoms with Crippen LogP contribution >= 0.6 is 0 Å². The Morgan fingerprint density at radius 1 is 1.22 bits per heavy atom. The number of carbonyl (C=O) groups excluding carboxylic acids is 1. The van der Waals surface area contributed by atoms with Crippen LogP contribution in [0.25, 0.3) is 0 Å². The predicted octanol–water partition coefficient (Wildman–Crippen LogP) is 2.07. The zero-order valence-electron chi connectivity index (χ0n) is 10.6. The van der Waals surface area contributed by atoms with Crippen molar-refractivity contribution in [2.45, 2.75) is 31.8 Å². The van der Waals surface area contributed by atoms with E-state index in [-0.39, 0.29) is 36.4 Å². The summed E-state index contributed by atoms with van der Waals surface area (Å²) in [5, 5.41) is 9.54. The van der Waals surface area contributed by atoms with Crippen LogP contribution in [0.5, 0.6) is 0 Å². The van der Waals surface area contributed by atoms with Crippen molar-refractivity contribution < 1.29 is 14.6 Å². The van der Waals surface area contributed by atoms with Gasteiger partial charge in [0.1, 0.15) is 6.10 Å². The van der Waals surface area contributed by atoms with Gasteiger partial charge < -0.3 is 9.84 Å². The van der Waals surface area contributed by atoms with E-state index in [0.717, 1.165) is 25.7 Å². The highest BCUT2D eigenvalue weighted by molar-refractivity contribution is 5.90. The van der Waals surface area contributed by atoms with E-state index >= 15 is 0 Å². The minimum atomic E-state index is -0.236. The van der Waals surface area contributed by atoms with Gasteiger partial charge in [-0.25, -0.2) is 4.79 Å². The summed E-state index contributed by atoms with van der Waals surface area (Å²) in [6, 6.07) is 0. The molecule has 0 amide bonds. The molecule has 0 aromatic heterocycles. The Kier molecular flexibility index (Phi) is 2.81. The Bertz CT molecular complexity index is 412. The molecule has 2 aliphatic carbocycles. The van der Waals surface area contributed by atoms with Crippen LogP contribution in [0.3, 0.4) is 0 Å². The van der Waals surface area contributed by atoms with Crippen molar-refractivity contribution >= 4 is 5.97 Å². The maximum Gasteiger partial charge on any atom is 0.334 e. The molecule has 0 radical (unpaired) electrons. The molecule has 3 aliphatic rings. The summed E-state index contributed by atoms with van der Waals surface area (Å²) in [7, 11) is 0. The van der Waals surface area contributed by atoms with E-state index in [0.29, 0.717) is 11.5 Å². The lowest BCUT2D eigenvalue weighted by atomic mass is 9.79. The molecule has 3 heteroatoms. The molecule has 0 aromatic rings. The number of aliphatic hydroxyl groups excluding tert-OH is 1. The molecule has 3 rings (SSSR count). The molecule has 3 nitrogen and oxygen atoms in total. The predicted molar refractivity (Wildman–Crippen MR) is 67.7 cm³/mol. The molecular weight excluding hydrogens is 228 g/mol. The summed E-state index contributed by atoms with van der Waals surface area (Å²) in [5.74, 6) is 0.807. The molecule has 1 saturated heterocycles. The lowest BCUT2D eigenvalue weighted by molar-refractivity contribution is -0.142. The minimum absolute atomic E-state index is 0.0751. The first kappa shape index (κ1) is 12.0. The number of allylic oxidation sites excluding steroid dienone is 1. The van der Waals surface area contributed by atoms with E-state index < -0.39 is 0 Å². The number of ether oxygens (including phenoxy) is 1. The second-order valence-electron chi connectivity index (χ2n) is 5.90. The lowest BCUT2D eigenvalue weighted by Crippen LogP contribution is -2.33. The van der Waals surface area contributed by atoms with Gasteiger partial charge in [0.2, 0.25) is 0 Å². The number of carbonyl (C=O) groups is 1. The van der Waals surface area contributed by atoms with Gasteiger partial charge in [-0.3, -0.25) is 0 Å². The molecule has 0 spiro atoms. The fourth-order valence-electron chi connectivity index (χ4n) is 4.14. The van der Waals surface area contributed by atoms with Crippen molar-refractivity contribution in [1.29, 1.82) is 0 Å². The van der Waals surface area contributed by atoms with Crippen LogP contribution in [0.15, 0.2) is 24.3 Å². The highest BCUT2D eigenvalue weighted by atomic mass is 16.6. The first-order valence-electron chi connectivity index (χ1n) is 6.81. The highest BCUT2D eigenvalue weighted by Crippen LogP contribution is 2.52. The molecule has 0 bridgehead atoms. The maximum absolute atomic E-state index is 11.7. The third-order valence-electron chi connectivity index (χ3n) is 5.12. The second kappa shape index (κ2) is 4.23. The zero-order valence-corrected chi connectivity index (χ0v) is 10.6. The highest BCUT2D eigenvalue weighted by Gasteiger charge is 2.52. The topological polar surface area (TPSA) is 46.5 Å². The van der Waals surface area contributed by atoms with Crippen molar-refractivity contribution in [3.63, 3.8) is 0 Å². The number of aliphatic hydroxyl groups is 1. The summed E-state index contributed by atoms with van der Waals surface area (Å²) in [5.41, 5.74) is 1.89. The molecule has 2 saturated carbocycles. The Morgan fingerprint density at radius 3 is 2.72 bits per heavy atom. The van der Waals surface area contributed by atoms with Gasteiger partial charge >= 0.3 is 5.97 Å². The smallest absolute Gasteiger partial charge is 0.334 e. The SMILES string of the molecule is C=C1C(=O)OC2C1CCC(=C)C1CCC(CO)C12. The van der Waals surface area contributed by atoms with Crippen molar-refractivity contribution in [2.75, 3.05) is 6.61 Å². The number of hydrogen-bond donors (Lipinski definition) is 1. The number of esters is 1. The Labute approximate surface area is 108 Å². The van der Waals surface area contributed by atoms with Crippen molar-refractivity contribution in [1.82, 2.24) is 0 Å². The summed E-state index contributed by atoms with van der Waals surface area (Å²) in [6.45, 7) is 8.27. The van der Waals surface area contributed by atoms with Crippen LogP contribution in [0.4, 0.5) is 0 Å². The van der Waals surface area contributed by atoms with Gasteiger partial charge in [0.05, 0.1) is 0 Å². The first-order chi connectivity index (χ1) is 8.63. The number of rotatable bonds is 1. The van der Waals surface area contributed by atoms with Crippen LogP contribution in [0, 0.1) is 23.7 Å². The van der Waals surface area contributed by atoms with Crippen LogP contribution in [0.1, 0.15) is 25.7 Å². The normalized spacial score (nSPS) is 43.4. The van der Waals surface area contributed by atoms with E-state index in [9.17, 15) is 9.90 Å². The van der Waals surface area contributed by atoms with Gasteiger partial charge in [0, 0.05) is 24.0 Å². The average Bonchev–Trinajstić information content (AvgIpc) is 2.86. The molecule has 1 aliphatic heterocycles. The van der Waals surface area contributed by atoms with E-state index in [4.69, 9.17) is 4.74 Å². The van der Waals surface area contributed by atoms with Gasteiger partial charge in [-0.05, 0) is 37.5 Å². The van der Waals surface area contributed by atoms with E-state index in [1.54, 1.807) is 0 Å². The van der Waals surface area contributed by atoms with Crippen LogP contribution in [-0.4, -0.2) is 23.8 Å².